The van der Waals surface area contributed by atoms with E-state index in [2.05, 4.69) is 60.2 Å². The molecule has 2 aromatic rings. The molecule has 1 fully saturated rings. The van der Waals surface area contributed by atoms with Crippen LogP contribution in [0.3, 0.4) is 0 Å². The molecule has 0 radical (unpaired) electrons. The summed E-state index contributed by atoms with van der Waals surface area (Å²) in [5.74, 6) is -0.117. The maximum atomic E-state index is 12.0. The van der Waals surface area contributed by atoms with Gasteiger partial charge in [-0.1, -0.05) is 56.1 Å². The molecule has 124 valence electrons. The highest BCUT2D eigenvalue weighted by Gasteiger charge is 2.25. The van der Waals surface area contributed by atoms with Crippen LogP contribution in [0.15, 0.2) is 63.6 Å². The molecule has 3 N–H and O–H groups in total. The Labute approximate surface area is 157 Å². The van der Waals surface area contributed by atoms with Gasteiger partial charge >= 0.3 is 0 Å². The van der Waals surface area contributed by atoms with E-state index in [-0.39, 0.29) is 18.1 Å². The van der Waals surface area contributed by atoms with Crippen molar-refractivity contribution in [2.45, 2.75) is 18.6 Å². The van der Waals surface area contributed by atoms with E-state index in [0.717, 1.165) is 20.9 Å². The zero-order chi connectivity index (χ0) is 16.9. The van der Waals surface area contributed by atoms with E-state index < -0.39 is 0 Å². The molecule has 1 aliphatic heterocycles. The Bertz CT molecular complexity index is 729. The van der Waals surface area contributed by atoms with Crippen LogP contribution in [0.1, 0.15) is 23.6 Å². The molecular weight excluding hydrogens is 434 g/mol. The van der Waals surface area contributed by atoms with Crippen molar-refractivity contribution in [1.29, 1.82) is 0 Å². The maximum absolute atomic E-state index is 12.0. The van der Waals surface area contributed by atoms with Crippen LogP contribution in [0.5, 0.6) is 0 Å². The first-order chi connectivity index (χ1) is 11.6. The highest BCUT2D eigenvalue weighted by Crippen LogP contribution is 2.23. The van der Waals surface area contributed by atoms with Crippen molar-refractivity contribution in [2.75, 3.05) is 0 Å². The fraction of sp³-hybridized carbons (Fsp3) is 0.167. The lowest BCUT2D eigenvalue weighted by molar-refractivity contribution is -0.117. The van der Waals surface area contributed by atoms with Gasteiger partial charge in [0.05, 0.1) is 6.17 Å². The first-order valence-electron chi connectivity index (χ1n) is 7.61. The molecule has 1 saturated heterocycles. The van der Waals surface area contributed by atoms with Gasteiger partial charge in [-0.2, -0.15) is 0 Å². The lowest BCUT2D eigenvalue weighted by Crippen LogP contribution is -2.43. The molecule has 24 heavy (non-hydrogen) atoms. The number of hydrogen-bond acceptors (Lipinski definition) is 3. The monoisotopic (exact) mass is 449 g/mol. The third-order valence-electron chi connectivity index (χ3n) is 3.79. The van der Waals surface area contributed by atoms with E-state index in [1.54, 1.807) is 12.2 Å². The molecule has 3 rings (SSSR count). The van der Waals surface area contributed by atoms with Gasteiger partial charge in [0.25, 0.3) is 0 Å². The lowest BCUT2D eigenvalue weighted by atomic mass is 10.0. The Morgan fingerprint density at radius 3 is 2.29 bits per heavy atom. The molecule has 1 aliphatic rings. The van der Waals surface area contributed by atoms with Crippen LogP contribution in [0.2, 0.25) is 0 Å². The molecule has 2 aromatic carbocycles. The molecule has 0 aliphatic carbocycles. The quantitative estimate of drug-likeness (QED) is 0.619. The number of nitrogens with one attached hydrogen (secondary N) is 3. The van der Waals surface area contributed by atoms with Crippen molar-refractivity contribution in [3.63, 3.8) is 0 Å². The van der Waals surface area contributed by atoms with E-state index in [0.29, 0.717) is 0 Å². The van der Waals surface area contributed by atoms with Crippen LogP contribution in [0.25, 0.3) is 6.08 Å². The molecule has 0 aromatic heterocycles. The van der Waals surface area contributed by atoms with Gasteiger partial charge in [-0.15, -0.1) is 0 Å². The van der Waals surface area contributed by atoms with Crippen LogP contribution in [-0.2, 0) is 4.79 Å². The summed E-state index contributed by atoms with van der Waals surface area (Å²) in [6, 6.07) is 16.2. The smallest absolute Gasteiger partial charge is 0.245 e. The molecule has 1 heterocycles. The van der Waals surface area contributed by atoms with Crippen LogP contribution >= 0.6 is 31.9 Å². The van der Waals surface area contributed by atoms with E-state index in [1.165, 1.54) is 5.56 Å². The summed E-state index contributed by atoms with van der Waals surface area (Å²) < 4.78 is 2.07. The third kappa shape index (κ3) is 4.77. The molecule has 0 bridgehead atoms. The van der Waals surface area contributed by atoms with Crippen molar-refractivity contribution < 1.29 is 4.79 Å². The number of amides is 1. The fourth-order valence-electron chi connectivity index (χ4n) is 2.53. The molecular formula is C18H17Br2N3O. The van der Waals surface area contributed by atoms with Crippen molar-refractivity contribution in [1.82, 2.24) is 16.2 Å². The number of carbonyl (C=O) groups is 1. The first-order valence-corrected chi connectivity index (χ1v) is 9.19. The van der Waals surface area contributed by atoms with Crippen molar-refractivity contribution in [3.05, 3.63) is 74.7 Å². The molecule has 6 heteroatoms. The van der Waals surface area contributed by atoms with Gasteiger partial charge in [-0.3, -0.25) is 4.79 Å². The molecule has 2 atom stereocenters. The Morgan fingerprint density at radius 2 is 1.62 bits per heavy atom. The van der Waals surface area contributed by atoms with Gasteiger partial charge in [0, 0.05) is 27.5 Å². The SMILES string of the molecule is O=C(/C=C/c1ccc(Br)cc1)NC1CC(c2ccc(Br)cc2)NN1. The summed E-state index contributed by atoms with van der Waals surface area (Å²) in [6.45, 7) is 0. The van der Waals surface area contributed by atoms with Gasteiger partial charge in [-0.25, -0.2) is 10.9 Å². The normalized spacial score (nSPS) is 20.4. The number of hydrogen-bond donors (Lipinski definition) is 3. The molecule has 0 saturated carbocycles. The molecule has 4 nitrogen and oxygen atoms in total. The Balaban J connectivity index is 1.52. The number of hydrazine groups is 1. The molecule has 2 unspecified atom stereocenters. The summed E-state index contributed by atoms with van der Waals surface area (Å²) in [7, 11) is 0. The summed E-state index contributed by atoms with van der Waals surface area (Å²) in [5, 5.41) is 2.95. The predicted octanol–water partition coefficient (Wildman–Crippen LogP) is 3.91. The number of rotatable bonds is 4. The van der Waals surface area contributed by atoms with Crippen molar-refractivity contribution in [3.8, 4) is 0 Å². The van der Waals surface area contributed by atoms with Gasteiger partial charge in [-0.05, 0) is 41.5 Å². The van der Waals surface area contributed by atoms with Gasteiger partial charge in [0.15, 0.2) is 0 Å². The van der Waals surface area contributed by atoms with E-state index in [9.17, 15) is 4.79 Å². The lowest BCUT2D eigenvalue weighted by Gasteiger charge is -2.10. The fourth-order valence-corrected chi connectivity index (χ4v) is 3.06. The summed E-state index contributed by atoms with van der Waals surface area (Å²) >= 11 is 6.83. The third-order valence-corrected chi connectivity index (χ3v) is 4.85. The Hall–Kier alpha value is -1.47. The highest BCUT2D eigenvalue weighted by atomic mass is 79.9. The second-order valence-corrected chi connectivity index (χ2v) is 7.41. The average molecular weight is 451 g/mol. The van der Waals surface area contributed by atoms with Crippen LogP contribution in [-0.4, -0.2) is 12.1 Å². The minimum Gasteiger partial charge on any atom is -0.336 e. The van der Waals surface area contributed by atoms with Gasteiger partial charge in [0.2, 0.25) is 5.91 Å². The average Bonchev–Trinajstić information content (AvgIpc) is 3.03. The summed E-state index contributed by atoms with van der Waals surface area (Å²) in [6.07, 6.45) is 4.05. The number of halogens is 2. The second kappa shape index (κ2) is 8.07. The van der Waals surface area contributed by atoms with Crippen LogP contribution in [0, 0.1) is 0 Å². The largest absolute Gasteiger partial charge is 0.336 e. The predicted molar refractivity (Wildman–Crippen MR) is 103 cm³/mol. The molecule has 1 amide bonds. The van der Waals surface area contributed by atoms with Crippen molar-refractivity contribution >= 4 is 43.8 Å². The van der Waals surface area contributed by atoms with Crippen LogP contribution < -0.4 is 16.2 Å². The number of carbonyl (C=O) groups excluding carboxylic acids is 1. The Morgan fingerprint density at radius 1 is 1.00 bits per heavy atom. The zero-order valence-corrected chi connectivity index (χ0v) is 16.0. The standard InChI is InChI=1S/C18H17Br2N3O/c19-14-6-1-12(2-7-14)3-10-18(24)21-17-11-16(22-23-17)13-4-8-15(20)9-5-13/h1-10,16-17,22-23H,11H2,(H,21,24)/b10-3+. The van der Waals surface area contributed by atoms with E-state index >= 15 is 0 Å². The summed E-state index contributed by atoms with van der Waals surface area (Å²) in [5.41, 5.74) is 8.51. The molecule has 0 spiro atoms. The Kier molecular flexibility index (Phi) is 5.84. The van der Waals surface area contributed by atoms with E-state index in [4.69, 9.17) is 0 Å². The van der Waals surface area contributed by atoms with E-state index in [1.807, 2.05) is 36.4 Å². The highest BCUT2D eigenvalue weighted by molar-refractivity contribution is 9.10. The minimum absolute atomic E-state index is 0.0966. The first kappa shape index (κ1) is 17.4. The van der Waals surface area contributed by atoms with Gasteiger partial charge < -0.3 is 5.32 Å². The van der Waals surface area contributed by atoms with Gasteiger partial charge in [0.1, 0.15) is 0 Å². The second-order valence-electron chi connectivity index (χ2n) is 5.57. The van der Waals surface area contributed by atoms with Crippen molar-refractivity contribution in [2.24, 2.45) is 0 Å². The maximum Gasteiger partial charge on any atom is 0.245 e. The number of benzene rings is 2. The zero-order valence-electron chi connectivity index (χ0n) is 12.8. The summed E-state index contributed by atoms with van der Waals surface area (Å²) in [4.78, 5) is 12.0. The van der Waals surface area contributed by atoms with Crippen LogP contribution in [0.4, 0.5) is 0 Å². The topological polar surface area (TPSA) is 53.2 Å². The minimum atomic E-state index is -0.117.